The third-order valence-electron chi connectivity index (χ3n) is 3.52. The predicted octanol–water partition coefficient (Wildman–Crippen LogP) is 2.74. The first kappa shape index (κ1) is 17.7. The lowest BCUT2D eigenvalue weighted by molar-refractivity contribution is 0.206. The second-order valence-corrected chi connectivity index (χ2v) is 5.89. The molecule has 0 bridgehead atoms. The quantitative estimate of drug-likeness (QED) is 0.767. The normalized spacial score (nSPS) is 10.3. The van der Waals surface area contributed by atoms with Gasteiger partial charge in [-0.3, -0.25) is 9.97 Å². The molecule has 6 heteroatoms. The lowest BCUT2D eigenvalue weighted by Gasteiger charge is -2.18. The largest absolute Gasteiger partial charge is 0.384 e. The molecule has 0 aliphatic carbocycles. The summed E-state index contributed by atoms with van der Waals surface area (Å²) >= 11 is 0. The van der Waals surface area contributed by atoms with Crippen LogP contribution in [-0.4, -0.2) is 41.0 Å². The van der Waals surface area contributed by atoms with E-state index in [2.05, 4.69) is 20.6 Å². The fourth-order valence-electron chi connectivity index (χ4n) is 2.44. The van der Waals surface area contributed by atoms with E-state index >= 15 is 0 Å². The van der Waals surface area contributed by atoms with Gasteiger partial charge in [0, 0.05) is 38.2 Å². The number of pyridine rings is 2. The summed E-state index contributed by atoms with van der Waals surface area (Å²) in [5.41, 5.74) is 4.03. The fourth-order valence-corrected chi connectivity index (χ4v) is 2.44. The number of hydrogen-bond donors (Lipinski definition) is 2. The number of anilines is 1. The number of amides is 2. The van der Waals surface area contributed by atoms with Gasteiger partial charge in [-0.05, 0) is 50.1 Å². The Kier molecular flexibility index (Phi) is 6.54. The smallest absolute Gasteiger partial charge is 0.317 e. The van der Waals surface area contributed by atoms with Crippen LogP contribution in [0.1, 0.15) is 23.4 Å². The number of aromatic nitrogens is 2. The molecule has 2 amide bonds. The van der Waals surface area contributed by atoms with Crippen LogP contribution in [0.5, 0.6) is 0 Å². The molecule has 0 atom stereocenters. The Morgan fingerprint density at radius 2 is 2.08 bits per heavy atom. The number of hydrogen-bond acceptors (Lipinski definition) is 4. The summed E-state index contributed by atoms with van der Waals surface area (Å²) in [5.74, 6) is 0. The van der Waals surface area contributed by atoms with Crippen molar-refractivity contribution in [1.82, 2.24) is 20.2 Å². The van der Waals surface area contributed by atoms with Crippen molar-refractivity contribution in [3.05, 3.63) is 53.6 Å². The van der Waals surface area contributed by atoms with Gasteiger partial charge in [0.25, 0.3) is 0 Å². The lowest BCUT2D eigenvalue weighted by atomic mass is 10.2. The number of nitrogens with zero attached hydrogens (tertiary/aromatic N) is 3. The van der Waals surface area contributed by atoms with E-state index in [1.807, 2.05) is 38.1 Å². The van der Waals surface area contributed by atoms with Crippen molar-refractivity contribution in [3.63, 3.8) is 0 Å². The van der Waals surface area contributed by atoms with Crippen LogP contribution >= 0.6 is 0 Å². The Balaban J connectivity index is 1.68. The molecule has 2 aromatic heterocycles. The van der Waals surface area contributed by atoms with E-state index in [-0.39, 0.29) is 6.03 Å². The highest BCUT2D eigenvalue weighted by Crippen LogP contribution is 2.06. The van der Waals surface area contributed by atoms with Crippen LogP contribution in [0.3, 0.4) is 0 Å². The number of carbonyl (C=O) groups excluding carboxylic acids is 1. The molecule has 0 aromatic carbocycles. The minimum Gasteiger partial charge on any atom is -0.384 e. The Hall–Kier alpha value is -2.63. The molecule has 2 aromatic rings. The number of rotatable bonds is 7. The maximum atomic E-state index is 12.1. The zero-order valence-corrected chi connectivity index (χ0v) is 14.5. The molecular formula is C18H25N5O. The molecule has 0 unspecified atom stereocenters. The molecule has 0 spiro atoms. The van der Waals surface area contributed by atoms with Crippen LogP contribution in [0.15, 0.2) is 36.7 Å². The van der Waals surface area contributed by atoms with Crippen molar-refractivity contribution in [1.29, 1.82) is 0 Å². The average Bonchev–Trinajstić information content (AvgIpc) is 2.54. The highest BCUT2D eigenvalue weighted by Gasteiger charge is 2.09. The summed E-state index contributed by atoms with van der Waals surface area (Å²) in [5, 5.41) is 6.18. The highest BCUT2D eigenvalue weighted by molar-refractivity contribution is 5.73. The second kappa shape index (κ2) is 8.86. The average molecular weight is 327 g/mol. The second-order valence-electron chi connectivity index (χ2n) is 5.89. The SMILES string of the molecule is Cc1cc(C)nc(CN(C)C(=O)NCCCNc2cccnc2)c1. The Morgan fingerprint density at radius 3 is 2.79 bits per heavy atom. The van der Waals surface area contributed by atoms with Crippen molar-refractivity contribution < 1.29 is 4.79 Å². The first-order valence-corrected chi connectivity index (χ1v) is 8.11. The molecule has 0 aliphatic rings. The summed E-state index contributed by atoms with van der Waals surface area (Å²) < 4.78 is 0. The fraction of sp³-hybridized carbons (Fsp3) is 0.389. The summed E-state index contributed by atoms with van der Waals surface area (Å²) in [6.07, 6.45) is 4.37. The van der Waals surface area contributed by atoms with Crippen molar-refractivity contribution in [3.8, 4) is 0 Å². The van der Waals surface area contributed by atoms with Crippen LogP contribution in [0.25, 0.3) is 0 Å². The van der Waals surface area contributed by atoms with Crippen LogP contribution in [0, 0.1) is 13.8 Å². The highest BCUT2D eigenvalue weighted by atomic mass is 16.2. The van der Waals surface area contributed by atoms with Crippen molar-refractivity contribution in [2.75, 3.05) is 25.5 Å². The summed E-state index contributed by atoms with van der Waals surface area (Å²) in [7, 11) is 1.78. The Morgan fingerprint density at radius 1 is 1.25 bits per heavy atom. The van der Waals surface area contributed by atoms with Gasteiger partial charge in [0.15, 0.2) is 0 Å². The van der Waals surface area contributed by atoms with Crippen LogP contribution in [-0.2, 0) is 6.54 Å². The third-order valence-corrected chi connectivity index (χ3v) is 3.52. The molecule has 2 rings (SSSR count). The van der Waals surface area contributed by atoms with E-state index < -0.39 is 0 Å². The molecular weight excluding hydrogens is 302 g/mol. The van der Waals surface area contributed by atoms with E-state index in [9.17, 15) is 4.79 Å². The van der Waals surface area contributed by atoms with Gasteiger partial charge in [-0.1, -0.05) is 0 Å². The molecule has 0 fully saturated rings. The molecule has 6 nitrogen and oxygen atoms in total. The molecule has 2 heterocycles. The van der Waals surface area contributed by atoms with Gasteiger partial charge in [0.2, 0.25) is 0 Å². The van der Waals surface area contributed by atoms with Gasteiger partial charge in [-0.2, -0.15) is 0 Å². The van der Waals surface area contributed by atoms with Crippen LogP contribution in [0.2, 0.25) is 0 Å². The molecule has 0 radical (unpaired) electrons. The van der Waals surface area contributed by atoms with Crippen LogP contribution < -0.4 is 10.6 Å². The van der Waals surface area contributed by atoms with Gasteiger partial charge in [-0.15, -0.1) is 0 Å². The van der Waals surface area contributed by atoms with E-state index in [1.54, 1.807) is 24.3 Å². The monoisotopic (exact) mass is 327 g/mol. The summed E-state index contributed by atoms with van der Waals surface area (Å²) in [6.45, 7) is 5.91. The van der Waals surface area contributed by atoms with Crippen molar-refractivity contribution in [2.45, 2.75) is 26.8 Å². The van der Waals surface area contributed by atoms with Gasteiger partial charge in [-0.25, -0.2) is 4.79 Å². The molecule has 0 aliphatic heterocycles. The standard InChI is InChI=1S/C18H25N5O/c1-14-10-15(2)22-17(11-14)13-23(3)18(24)21-9-5-8-20-16-6-4-7-19-12-16/h4,6-7,10-12,20H,5,8-9,13H2,1-3H3,(H,21,24). The minimum absolute atomic E-state index is 0.0858. The number of urea groups is 1. The maximum absolute atomic E-state index is 12.1. The van der Waals surface area contributed by atoms with Crippen LogP contribution in [0.4, 0.5) is 10.5 Å². The third kappa shape index (κ3) is 5.87. The molecule has 2 N–H and O–H groups in total. The van der Waals surface area contributed by atoms with Gasteiger partial charge in [0.1, 0.15) is 0 Å². The molecule has 24 heavy (non-hydrogen) atoms. The Bertz CT molecular complexity index is 639. The zero-order chi connectivity index (χ0) is 17.4. The number of carbonyl (C=O) groups is 1. The van der Waals surface area contributed by atoms with Gasteiger partial charge in [0.05, 0.1) is 17.9 Å². The summed E-state index contributed by atoms with van der Waals surface area (Å²) in [6, 6.07) is 7.81. The van der Waals surface area contributed by atoms with Crippen molar-refractivity contribution in [2.24, 2.45) is 0 Å². The van der Waals surface area contributed by atoms with E-state index in [1.165, 1.54) is 0 Å². The summed E-state index contributed by atoms with van der Waals surface area (Å²) in [4.78, 5) is 22.3. The van der Waals surface area contributed by atoms with Gasteiger partial charge < -0.3 is 15.5 Å². The molecule has 128 valence electrons. The molecule has 0 saturated heterocycles. The minimum atomic E-state index is -0.0858. The van der Waals surface area contributed by atoms with E-state index in [0.29, 0.717) is 13.1 Å². The topological polar surface area (TPSA) is 70.2 Å². The first-order valence-electron chi connectivity index (χ1n) is 8.11. The lowest BCUT2D eigenvalue weighted by Crippen LogP contribution is -2.37. The zero-order valence-electron chi connectivity index (χ0n) is 14.5. The Labute approximate surface area is 143 Å². The van der Waals surface area contributed by atoms with Gasteiger partial charge >= 0.3 is 6.03 Å². The van der Waals surface area contributed by atoms with E-state index in [0.717, 1.165) is 35.6 Å². The predicted molar refractivity (Wildman–Crippen MR) is 95.9 cm³/mol. The molecule has 0 saturated carbocycles. The first-order chi connectivity index (χ1) is 11.5. The van der Waals surface area contributed by atoms with E-state index in [4.69, 9.17) is 0 Å². The number of nitrogens with one attached hydrogen (secondary N) is 2. The number of aryl methyl sites for hydroxylation is 2. The van der Waals surface area contributed by atoms with Crippen molar-refractivity contribution >= 4 is 11.7 Å². The maximum Gasteiger partial charge on any atom is 0.317 e.